The van der Waals surface area contributed by atoms with Crippen LogP contribution in [0, 0.1) is 0 Å². The van der Waals surface area contributed by atoms with Crippen molar-refractivity contribution in [1.82, 2.24) is 0 Å². The lowest BCUT2D eigenvalue weighted by Gasteiger charge is -2.15. The summed E-state index contributed by atoms with van der Waals surface area (Å²) in [5.74, 6) is -1.09. The Morgan fingerprint density at radius 3 is 2.57 bits per heavy atom. The summed E-state index contributed by atoms with van der Waals surface area (Å²) in [4.78, 5) is 36.5. The van der Waals surface area contributed by atoms with E-state index < -0.39 is 5.97 Å². The summed E-state index contributed by atoms with van der Waals surface area (Å²) >= 11 is 5.99. The molecule has 0 N–H and O–H groups in total. The van der Waals surface area contributed by atoms with Crippen molar-refractivity contribution < 1.29 is 19.1 Å². The Morgan fingerprint density at radius 1 is 1.29 bits per heavy atom. The molecule has 0 aliphatic carbocycles. The van der Waals surface area contributed by atoms with E-state index in [-0.39, 0.29) is 35.2 Å². The quantitative estimate of drug-likeness (QED) is 0.476. The molecule has 0 saturated carbocycles. The molecule has 0 unspecified atom stereocenters. The van der Waals surface area contributed by atoms with Crippen molar-refractivity contribution in [2.45, 2.75) is 32.6 Å². The second-order valence-corrected chi connectivity index (χ2v) is 5.18. The lowest BCUT2D eigenvalue weighted by atomic mass is 10.2. The summed E-state index contributed by atoms with van der Waals surface area (Å²) in [5, 5.41) is 0.236. The maximum Gasteiger partial charge on any atom is 0.339 e. The van der Waals surface area contributed by atoms with E-state index in [0.717, 1.165) is 17.7 Å². The van der Waals surface area contributed by atoms with Gasteiger partial charge in [-0.2, -0.15) is 0 Å². The number of rotatable bonds is 5. The first-order valence-electron chi connectivity index (χ1n) is 6.87. The average Bonchev–Trinajstić information content (AvgIpc) is 2.79. The average molecular weight is 310 g/mol. The van der Waals surface area contributed by atoms with Crippen LogP contribution >= 0.6 is 11.6 Å². The molecule has 21 heavy (non-hydrogen) atoms. The van der Waals surface area contributed by atoms with E-state index in [1.807, 2.05) is 6.92 Å². The summed E-state index contributed by atoms with van der Waals surface area (Å²) in [6, 6.07) is 4.47. The molecule has 1 aromatic rings. The van der Waals surface area contributed by atoms with Gasteiger partial charge in [-0.25, -0.2) is 4.79 Å². The number of unbranched alkanes of at least 4 members (excludes halogenated alkanes) is 1. The molecule has 1 aliphatic rings. The molecule has 2 amide bonds. The van der Waals surface area contributed by atoms with Gasteiger partial charge in [0.05, 0.1) is 22.9 Å². The van der Waals surface area contributed by atoms with Crippen molar-refractivity contribution in [2.24, 2.45) is 0 Å². The first kappa shape index (κ1) is 15.5. The van der Waals surface area contributed by atoms with Crippen molar-refractivity contribution in [1.29, 1.82) is 0 Å². The molecule has 0 radical (unpaired) electrons. The predicted octanol–water partition coefficient (Wildman–Crippen LogP) is 2.95. The SMILES string of the molecule is CCCCOC(=O)c1cc(N2C(=O)CCC2=O)ccc1Cl. The third-order valence-corrected chi connectivity index (χ3v) is 3.54. The smallest absolute Gasteiger partial charge is 0.339 e. The van der Waals surface area contributed by atoms with Crippen LogP contribution in [0.2, 0.25) is 5.02 Å². The zero-order valence-electron chi connectivity index (χ0n) is 11.7. The van der Waals surface area contributed by atoms with Crippen LogP contribution in [0.4, 0.5) is 5.69 Å². The summed E-state index contributed by atoms with van der Waals surface area (Å²) in [5.41, 5.74) is 0.520. The molecular weight excluding hydrogens is 294 g/mol. The number of anilines is 1. The fourth-order valence-corrected chi connectivity index (χ4v) is 2.25. The van der Waals surface area contributed by atoms with Gasteiger partial charge in [0, 0.05) is 12.8 Å². The molecule has 1 aliphatic heterocycles. The van der Waals surface area contributed by atoms with Gasteiger partial charge in [0.25, 0.3) is 0 Å². The molecular formula is C15H16ClNO4. The number of benzene rings is 1. The first-order chi connectivity index (χ1) is 10.0. The fourth-order valence-electron chi connectivity index (χ4n) is 2.06. The Hall–Kier alpha value is -1.88. The molecule has 2 rings (SSSR count). The highest BCUT2D eigenvalue weighted by molar-refractivity contribution is 6.34. The zero-order chi connectivity index (χ0) is 15.4. The number of esters is 1. The number of hydrogen-bond donors (Lipinski definition) is 0. The Balaban J connectivity index is 2.23. The molecule has 0 aromatic heterocycles. The third kappa shape index (κ3) is 3.42. The lowest BCUT2D eigenvalue weighted by Crippen LogP contribution is -2.28. The topological polar surface area (TPSA) is 63.7 Å². The maximum absolute atomic E-state index is 12.0. The second-order valence-electron chi connectivity index (χ2n) is 4.78. The van der Waals surface area contributed by atoms with Crippen LogP contribution in [-0.4, -0.2) is 24.4 Å². The summed E-state index contributed by atoms with van der Waals surface area (Å²) in [6.45, 7) is 2.31. The van der Waals surface area contributed by atoms with Gasteiger partial charge in [0.1, 0.15) is 0 Å². The van der Waals surface area contributed by atoms with Crippen molar-refractivity contribution in [3.8, 4) is 0 Å². The van der Waals surface area contributed by atoms with Crippen molar-refractivity contribution in [3.05, 3.63) is 28.8 Å². The highest BCUT2D eigenvalue weighted by atomic mass is 35.5. The minimum absolute atomic E-state index is 0.165. The summed E-state index contributed by atoms with van der Waals surface area (Å²) in [7, 11) is 0. The van der Waals surface area contributed by atoms with Gasteiger partial charge in [-0.15, -0.1) is 0 Å². The van der Waals surface area contributed by atoms with Gasteiger partial charge in [0.2, 0.25) is 11.8 Å². The van der Waals surface area contributed by atoms with E-state index in [9.17, 15) is 14.4 Å². The van der Waals surface area contributed by atoms with Crippen molar-refractivity contribution >= 4 is 35.1 Å². The number of carbonyl (C=O) groups is 3. The molecule has 0 atom stereocenters. The van der Waals surface area contributed by atoms with Gasteiger partial charge in [-0.3, -0.25) is 14.5 Å². The molecule has 1 saturated heterocycles. The predicted molar refractivity (Wildman–Crippen MR) is 78.4 cm³/mol. The molecule has 5 nitrogen and oxygen atoms in total. The van der Waals surface area contributed by atoms with Crippen LogP contribution < -0.4 is 4.90 Å². The number of ether oxygens (including phenoxy) is 1. The van der Waals surface area contributed by atoms with E-state index >= 15 is 0 Å². The summed E-state index contributed by atoms with van der Waals surface area (Å²) < 4.78 is 5.11. The highest BCUT2D eigenvalue weighted by Gasteiger charge is 2.31. The Kier molecular flexibility index (Phi) is 4.96. The molecule has 1 fully saturated rings. The minimum atomic E-state index is -0.547. The van der Waals surface area contributed by atoms with E-state index in [1.165, 1.54) is 12.1 Å². The van der Waals surface area contributed by atoms with Gasteiger partial charge in [0.15, 0.2) is 0 Å². The molecule has 0 spiro atoms. The Labute approximate surface area is 127 Å². The van der Waals surface area contributed by atoms with E-state index in [4.69, 9.17) is 16.3 Å². The van der Waals surface area contributed by atoms with E-state index in [1.54, 1.807) is 6.07 Å². The normalized spacial score (nSPS) is 14.7. The zero-order valence-corrected chi connectivity index (χ0v) is 12.5. The van der Waals surface area contributed by atoms with Gasteiger partial charge in [-0.05, 0) is 24.6 Å². The monoisotopic (exact) mass is 309 g/mol. The molecule has 0 bridgehead atoms. The minimum Gasteiger partial charge on any atom is -0.462 e. The summed E-state index contributed by atoms with van der Waals surface area (Å²) in [6.07, 6.45) is 2.07. The number of carbonyl (C=O) groups excluding carboxylic acids is 3. The Morgan fingerprint density at radius 2 is 1.95 bits per heavy atom. The molecule has 1 aromatic carbocycles. The van der Waals surface area contributed by atoms with Gasteiger partial charge < -0.3 is 4.74 Å². The maximum atomic E-state index is 12.0. The van der Waals surface area contributed by atoms with Crippen LogP contribution in [0.25, 0.3) is 0 Å². The fraction of sp³-hybridized carbons (Fsp3) is 0.400. The van der Waals surface area contributed by atoms with E-state index in [2.05, 4.69) is 0 Å². The third-order valence-electron chi connectivity index (χ3n) is 3.21. The van der Waals surface area contributed by atoms with Crippen LogP contribution in [0.1, 0.15) is 43.0 Å². The van der Waals surface area contributed by atoms with Gasteiger partial charge >= 0.3 is 5.97 Å². The van der Waals surface area contributed by atoms with Crippen LogP contribution in [0.3, 0.4) is 0 Å². The number of nitrogens with zero attached hydrogens (tertiary/aromatic N) is 1. The second kappa shape index (κ2) is 6.72. The van der Waals surface area contributed by atoms with Crippen LogP contribution in [-0.2, 0) is 14.3 Å². The van der Waals surface area contributed by atoms with Gasteiger partial charge in [-0.1, -0.05) is 24.9 Å². The number of hydrogen-bond acceptors (Lipinski definition) is 4. The first-order valence-corrected chi connectivity index (χ1v) is 7.25. The largest absolute Gasteiger partial charge is 0.462 e. The lowest BCUT2D eigenvalue weighted by molar-refractivity contribution is -0.121. The van der Waals surface area contributed by atoms with Crippen molar-refractivity contribution in [3.63, 3.8) is 0 Å². The van der Waals surface area contributed by atoms with Crippen LogP contribution in [0.15, 0.2) is 18.2 Å². The highest BCUT2D eigenvalue weighted by Crippen LogP contribution is 2.27. The number of halogens is 1. The number of amides is 2. The Bertz CT molecular complexity index is 569. The molecule has 1 heterocycles. The molecule has 6 heteroatoms. The van der Waals surface area contributed by atoms with E-state index in [0.29, 0.717) is 12.3 Å². The van der Waals surface area contributed by atoms with Crippen LogP contribution in [0.5, 0.6) is 0 Å². The van der Waals surface area contributed by atoms with Crippen molar-refractivity contribution in [2.75, 3.05) is 11.5 Å². The number of imide groups is 1. The molecule has 112 valence electrons. The standard InChI is InChI=1S/C15H16ClNO4/c1-2-3-8-21-15(20)11-9-10(4-5-12(11)16)17-13(18)6-7-14(17)19/h4-5,9H,2-3,6-8H2,1H3.